The van der Waals surface area contributed by atoms with Crippen molar-refractivity contribution in [2.24, 2.45) is 0 Å². The van der Waals surface area contributed by atoms with Gasteiger partial charge in [-0.25, -0.2) is 4.79 Å². The van der Waals surface area contributed by atoms with Crippen molar-refractivity contribution in [3.05, 3.63) is 34.7 Å². The zero-order chi connectivity index (χ0) is 19.7. The van der Waals surface area contributed by atoms with Crippen LogP contribution in [0.4, 0.5) is 4.79 Å². The summed E-state index contributed by atoms with van der Waals surface area (Å²) in [7, 11) is 0. The summed E-state index contributed by atoms with van der Waals surface area (Å²) in [6, 6.07) is 5.64. The number of rotatable bonds is 7. The lowest BCUT2D eigenvalue weighted by molar-refractivity contribution is 0.0489. The maximum atomic E-state index is 12.2. The number of nitrogens with zero attached hydrogens (tertiary/aromatic N) is 1. The van der Waals surface area contributed by atoms with E-state index in [1.807, 2.05) is 33.0 Å². The molecule has 1 aliphatic rings. The Bertz CT molecular complexity index is 636. The quantitative estimate of drug-likeness (QED) is 0.564. The van der Waals surface area contributed by atoms with Gasteiger partial charge in [0.05, 0.1) is 0 Å². The van der Waals surface area contributed by atoms with Gasteiger partial charge < -0.3 is 19.9 Å². The first-order valence-corrected chi connectivity index (χ1v) is 10.2. The number of carbonyl (C=O) groups excluding carboxylic acids is 1. The predicted molar refractivity (Wildman–Crippen MR) is 108 cm³/mol. The fourth-order valence-electron chi connectivity index (χ4n) is 3.52. The van der Waals surface area contributed by atoms with Crippen molar-refractivity contribution in [3.8, 4) is 0 Å². The van der Waals surface area contributed by atoms with Gasteiger partial charge in [-0.1, -0.05) is 25.3 Å². The molecule has 1 amide bonds. The molecule has 6 heteroatoms. The van der Waals surface area contributed by atoms with Gasteiger partial charge in [-0.2, -0.15) is 0 Å². The fraction of sp³-hybridized carbons (Fsp3) is 0.714. The summed E-state index contributed by atoms with van der Waals surface area (Å²) in [4.78, 5) is 23.9. The van der Waals surface area contributed by atoms with Gasteiger partial charge >= 0.3 is 6.09 Å². The highest BCUT2D eigenvalue weighted by Crippen LogP contribution is 2.19. The van der Waals surface area contributed by atoms with Crippen LogP contribution < -0.4 is 16.2 Å². The molecule has 1 fully saturated rings. The lowest BCUT2D eigenvalue weighted by Gasteiger charge is -2.29. The molecule has 2 atom stereocenters. The first kappa shape index (κ1) is 21.5. The average Bonchev–Trinajstić information content (AvgIpc) is 2.80. The molecule has 1 aliphatic carbocycles. The number of pyridine rings is 1. The van der Waals surface area contributed by atoms with Crippen molar-refractivity contribution in [2.75, 3.05) is 6.54 Å². The third-order valence-electron chi connectivity index (χ3n) is 4.85. The molecule has 0 aromatic carbocycles. The molecule has 0 radical (unpaired) electrons. The van der Waals surface area contributed by atoms with Crippen LogP contribution in [-0.2, 0) is 11.3 Å². The van der Waals surface area contributed by atoms with Gasteiger partial charge in [-0.3, -0.25) is 4.79 Å². The highest BCUT2D eigenvalue weighted by atomic mass is 16.6. The van der Waals surface area contributed by atoms with Crippen molar-refractivity contribution in [3.63, 3.8) is 0 Å². The molecule has 0 aliphatic heterocycles. The molecule has 0 spiro atoms. The van der Waals surface area contributed by atoms with Gasteiger partial charge in [0, 0.05) is 30.9 Å². The van der Waals surface area contributed by atoms with E-state index in [9.17, 15) is 9.59 Å². The first-order valence-electron chi connectivity index (χ1n) is 10.2. The lowest BCUT2D eigenvalue weighted by atomic mass is 10.0. The number of hydrogen-bond donors (Lipinski definition) is 2. The van der Waals surface area contributed by atoms with Gasteiger partial charge in [-0.15, -0.1) is 0 Å². The Morgan fingerprint density at radius 3 is 2.59 bits per heavy atom. The number of unbranched alkanes of at least 4 members (excludes halogenated alkanes) is 1. The topological polar surface area (TPSA) is 72.4 Å². The maximum Gasteiger partial charge on any atom is 0.407 e. The molecule has 2 rings (SSSR count). The molecule has 0 unspecified atom stereocenters. The monoisotopic (exact) mass is 377 g/mol. The summed E-state index contributed by atoms with van der Waals surface area (Å²) in [6.07, 6.45) is 9.03. The normalized spacial score (nSPS) is 20.7. The van der Waals surface area contributed by atoms with Crippen LogP contribution in [0.15, 0.2) is 29.2 Å². The van der Waals surface area contributed by atoms with Gasteiger partial charge in [0.2, 0.25) is 5.56 Å². The molecule has 2 N–H and O–H groups in total. The van der Waals surface area contributed by atoms with E-state index in [1.165, 1.54) is 12.8 Å². The second-order valence-electron chi connectivity index (χ2n) is 8.39. The Kier molecular flexibility index (Phi) is 8.35. The van der Waals surface area contributed by atoms with Crippen LogP contribution in [-0.4, -0.2) is 34.9 Å². The van der Waals surface area contributed by atoms with Crippen LogP contribution in [0.1, 0.15) is 65.7 Å². The number of hydrogen-bond acceptors (Lipinski definition) is 4. The molecule has 1 aromatic rings. The third-order valence-corrected chi connectivity index (χ3v) is 4.85. The molecule has 0 bridgehead atoms. The van der Waals surface area contributed by atoms with Crippen LogP contribution in [0, 0.1) is 0 Å². The third kappa shape index (κ3) is 8.16. The zero-order valence-electron chi connectivity index (χ0n) is 17.0. The average molecular weight is 378 g/mol. The molecule has 152 valence electrons. The Hall–Kier alpha value is -1.82. The van der Waals surface area contributed by atoms with Crippen LogP contribution in [0.2, 0.25) is 0 Å². The number of ether oxygens (including phenoxy) is 1. The molecular weight excluding hydrogens is 342 g/mol. The van der Waals surface area contributed by atoms with Crippen LogP contribution in [0.25, 0.3) is 0 Å². The Balaban J connectivity index is 1.76. The molecule has 0 saturated heterocycles. The molecule has 1 aromatic heterocycles. The van der Waals surface area contributed by atoms with Crippen molar-refractivity contribution in [2.45, 2.75) is 89.9 Å². The van der Waals surface area contributed by atoms with Crippen LogP contribution in [0.3, 0.4) is 0 Å². The van der Waals surface area contributed by atoms with Crippen molar-refractivity contribution >= 4 is 6.09 Å². The van der Waals surface area contributed by atoms with E-state index in [1.54, 1.807) is 16.7 Å². The van der Waals surface area contributed by atoms with Crippen LogP contribution in [0.5, 0.6) is 0 Å². The summed E-state index contributed by atoms with van der Waals surface area (Å²) in [5, 5.41) is 6.69. The number of aryl methyl sites for hydroxylation is 1. The molecular formula is C21H35N3O3. The Morgan fingerprint density at radius 2 is 1.89 bits per heavy atom. The molecule has 1 heterocycles. The minimum Gasteiger partial charge on any atom is -0.444 e. The largest absolute Gasteiger partial charge is 0.444 e. The number of amides is 1. The van der Waals surface area contributed by atoms with Gasteiger partial charge in [0.25, 0.3) is 0 Å². The highest BCUT2D eigenvalue weighted by molar-refractivity contribution is 5.68. The summed E-state index contributed by atoms with van der Waals surface area (Å²) < 4.78 is 7.17. The van der Waals surface area contributed by atoms with Gasteiger partial charge in [0.15, 0.2) is 0 Å². The zero-order valence-corrected chi connectivity index (χ0v) is 17.0. The number of nitrogens with one attached hydrogen (secondary N) is 2. The summed E-state index contributed by atoms with van der Waals surface area (Å²) >= 11 is 0. The van der Waals surface area contributed by atoms with Crippen LogP contribution >= 0.6 is 0 Å². The number of aromatic nitrogens is 1. The van der Waals surface area contributed by atoms with Crippen molar-refractivity contribution < 1.29 is 9.53 Å². The minimum absolute atomic E-state index is 0.0517. The van der Waals surface area contributed by atoms with E-state index in [2.05, 4.69) is 10.6 Å². The fourth-order valence-corrected chi connectivity index (χ4v) is 3.52. The summed E-state index contributed by atoms with van der Waals surface area (Å²) in [5.74, 6) is 0. The SMILES string of the molecule is CC(C)(C)OC(=O)N[C@@H]1CCCCC[C@H]1NCCCCn1ccccc1=O. The maximum absolute atomic E-state index is 12.2. The Morgan fingerprint density at radius 1 is 1.15 bits per heavy atom. The van der Waals surface area contributed by atoms with Crippen molar-refractivity contribution in [1.29, 1.82) is 0 Å². The number of alkyl carbamates (subject to hydrolysis) is 1. The van der Waals surface area contributed by atoms with E-state index < -0.39 is 5.60 Å². The first-order chi connectivity index (χ1) is 12.8. The van der Waals surface area contributed by atoms with Crippen molar-refractivity contribution in [1.82, 2.24) is 15.2 Å². The second kappa shape index (κ2) is 10.5. The van der Waals surface area contributed by atoms with E-state index >= 15 is 0 Å². The van der Waals surface area contributed by atoms with Gasteiger partial charge in [-0.05, 0) is 59.1 Å². The van der Waals surface area contributed by atoms with E-state index in [-0.39, 0.29) is 23.7 Å². The molecule has 1 saturated carbocycles. The van der Waals surface area contributed by atoms with Gasteiger partial charge in [0.1, 0.15) is 5.60 Å². The number of carbonyl (C=O) groups is 1. The minimum atomic E-state index is -0.479. The summed E-state index contributed by atoms with van der Waals surface area (Å²) in [5.41, 5.74) is -0.427. The lowest BCUT2D eigenvalue weighted by Crippen LogP contribution is -2.50. The summed E-state index contributed by atoms with van der Waals surface area (Å²) in [6.45, 7) is 7.28. The second-order valence-corrected chi connectivity index (χ2v) is 8.39. The standard InChI is InChI=1S/C21H35N3O3/c1-21(2,3)27-20(26)23-18-12-6-4-5-11-17(18)22-14-8-10-16-24-15-9-7-13-19(24)25/h7,9,13,15,17-18,22H,4-6,8,10-12,14,16H2,1-3H3,(H,23,26)/t17-,18-/m1/s1. The van der Waals surface area contributed by atoms with E-state index in [4.69, 9.17) is 4.74 Å². The smallest absolute Gasteiger partial charge is 0.407 e. The highest BCUT2D eigenvalue weighted by Gasteiger charge is 2.26. The molecule has 27 heavy (non-hydrogen) atoms. The van der Waals surface area contributed by atoms with E-state index in [0.717, 1.165) is 45.2 Å². The molecule has 6 nitrogen and oxygen atoms in total. The Labute approximate surface area is 162 Å². The predicted octanol–water partition coefficient (Wildman–Crippen LogP) is 3.44. The van der Waals surface area contributed by atoms with E-state index in [0.29, 0.717) is 0 Å².